The lowest BCUT2D eigenvalue weighted by Crippen LogP contribution is -2.34. The third-order valence-electron chi connectivity index (χ3n) is 3.01. The van der Waals surface area contributed by atoms with Crippen molar-refractivity contribution < 1.29 is 4.79 Å². The summed E-state index contributed by atoms with van der Waals surface area (Å²) in [5, 5.41) is 2.93. The van der Waals surface area contributed by atoms with Crippen LogP contribution < -0.4 is 10.9 Å². The summed E-state index contributed by atoms with van der Waals surface area (Å²) in [6, 6.07) is 10.8. The van der Waals surface area contributed by atoms with Crippen LogP contribution in [0.1, 0.15) is 18.3 Å². The van der Waals surface area contributed by atoms with Gasteiger partial charge in [-0.15, -0.1) is 0 Å². The summed E-state index contributed by atoms with van der Waals surface area (Å²) in [5.41, 5.74) is 0.685. The molecule has 0 aliphatic rings. The van der Waals surface area contributed by atoms with Crippen molar-refractivity contribution in [2.75, 3.05) is 0 Å². The minimum atomic E-state index is -0.318. The van der Waals surface area contributed by atoms with Gasteiger partial charge in [0.2, 0.25) is 5.91 Å². The van der Waals surface area contributed by atoms with Gasteiger partial charge in [0, 0.05) is 19.0 Å². The number of hydrogen-bond acceptors (Lipinski definition) is 3. The highest BCUT2D eigenvalue weighted by atomic mass is 35.5. The number of aryl methyl sites for hydroxylation is 1. The standard InChI is InChI=1S/C15H16ClN3O2/c1-2-13-18-12(16)8-15(21)19(13)10-14(20)17-9-11-6-4-3-5-7-11/h3-8H,2,9-10H2,1H3,(H,17,20). The Morgan fingerprint density at radius 1 is 1.33 bits per heavy atom. The Labute approximate surface area is 127 Å². The number of rotatable bonds is 5. The average molecular weight is 306 g/mol. The van der Waals surface area contributed by atoms with Crippen LogP contribution in [0, 0.1) is 0 Å². The summed E-state index contributed by atoms with van der Waals surface area (Å²) in [4.78, 5) is 27.9. The van der Waals surface area contributed by atoms with Crippen molar-refractivity contribution in [1.29, 1.82) is 0 Å². The normalized spacial score (nSPS) is 10.4. The summed E-state index contributed by atoms with van der Waals surface area (Å²) >= 11 is 5.75. The van der Waals surface area contributed by atoms with E-state index in [1.807, 2.05) is 37.3 Å². The molecule has 1 N–H and O–H groups in total. The molecule has 5 nitrogen and oxygen atoms in total. The van der Waals surface area contributed by atoms with E-state index in [-0.39, 0.29) is 23.2 Å². The fourth-order valence-corrected chi connectivity index (χ4v) is 2.15. The fraction of sp³-hybridized carbons (Fsp3) is 0.267. The molecule has 110 valence electrons. The molecular formula is C15H16ClN3O2. The third kappa shape index (κ3) is 4.16. The lowest BCUT2D eigenvalue weighted by molar-refractivity contribution is -0.121. The molecule has 0 aliphatic carbocycles. The molecule has 0 unspecified atom stereocenters. The molecule has 0 atom stereocenters. The molecule has 0 saturated carbocycles. The molecule has 1 aromatic carbocycles. The Balaban J connectivity index is 2.05. The topological polar surface area (TPSA) is 64.0 Å². The van der Waals surface area contributed by atoms with Crippen molar-refractivity contribution in [2.45, 2.75) is 26.4 Å². The maximum absolute atomic E-state index is 12.0. The van der Waals surface area contributed by atoms with Crippen molar-refractivity contribution in [2.24, 2.45) is 0 Å². The molecule has 0 fully saturated rings. The number of nitrogens with zero attached hydrogens (tertiary/aromatic N) is 2. The predicted octanol–water partition coefficient (Wildman–Crippen LogP) is 1.78. The molecule has 2 aromatic rings. The predicted molar refractivity (Wildman–Crippen MR) is 81.2 cm³/mol. The Kier molecular flexibility index (Phi) is 5.11. The number of carbonyl (C=O) groups is 1. The number of nitrogens with one attached hydrogen (secondary N) is 1. The highest BCUT2D eigenvalue weighted by Crippen LogP contribution is 2.03. The van der Waals surface area contributed by atoms with Gasteiger partial charge in [-0.25, -0.2) is 4.98 Å². The van der Waals surface area contributed by atoms with Gasteiger partial charge in [0.15, 0.2) is 0 Å². The first-order chi connectivity index (χ1) is 10.1. The first-order valence-electron chi connectivity index (χ1n) is 6.67. The van der Waals surface area contributed by atoms with E-state index in [0.717, 1.165) is 5.56 Å². The van der Waals surface area contributed by atoms with E-state index in [2.05, 4.69) is 10.3 Å². The lowest BCUT2D eigenvalue weighted by atomic mass is 10.2. The number of aromatic nitrogens is 2. The molecular weight excluding hydrogens is 290 g/mol. The van der Waals surface area contributed by atoms with Gasteiger partial charge in [-0.2, -0.15) is 0 Å². The van der Waals surface area contributed by atoms with E-state index in [0.29, 0.717) is 18.8 Å². The number of amides is 1. The Morgan fingerprint density at radius 2 is 2.05 bits per heavy atom. The average Bonchev–Trinajstić information content (AvgIpc) is 2.48. The number of benzene rings is 1. The van der Waals surface area contributed by atoms with E-state index >= 15 is 0 Å². The Morgan fingerprint density at radius 3 is 2.71 bits per heavy atom. The highest BCUT2D eigenvalue weighted by molar-refractivity contribution is 6.29. The van der Waals surface area contributed by atoms with Gasteiger partial charge in [-0.05, 0) is 5.56 Å². The number of halogens is 1. The molecule has 0 saturated heterocycles. The van der Waals surface area contributed by atoms with Crippen LogP contribution in [0.25, 0.3) is 0 Å². The number of carbonyl (C=O) groups excluding carboxylic acids is 1. The molecule has 1 heterocycles. The monoisotopic (exact) mass is 305 g/mol. The van der Waals surface area contributed by atoms with Gasteiger partial charge in [0.25, 0.3) is 5.56 Å². The van der Waals surface area contributed by atoms with Crippen molar-refractivity contribution >= 4 is 17.5 Å². The van der Waals surface area contributed by atoms with E-state index in [1.165, 1.54) is 10.6 Å². The maximum Gasteiger partial charge on any atom is 0.255 e. The molecule has 0 spiro atoms. The fourth-order valence-electron chi connectivity index (χ4n) is 1.96. The van der Waals surface area contributed by atoms with Crippen molar-refractivity contribution in [3.8, 4) is 0 Å². The smallest absolute Gasteiger partial charge is 0.255 e. The SMILES string of the molecule is CCc1nc(Cl)cc(=O)n1CC(=O)NCc1ccccc1. The molecule has 2 rings (SSSR count). The summed E-state index contributed by atoms with van der Waals surface area (Å²) in [6.07, 6.45) is 0.530. The van der Waals surface area contributed by atoms with Crippen LogP contribution in [0.3, 0.4) is 0 Å². The molecule has 0 radical (unpaired) electrons. The van der Waals surface area contributed by atoms with Crippen LogP contribution in [0.4, 0.5) is 0 Å². The zero-order chi connectivity index (χ0) is 15.2. The van der Waals surface area contributed by atoms with E-state index < -0.39 is 0 Å². The zero-order valence-corrected chi connectivity index (χ0v) is 12.4. The first kappa shape index (κ1) is 15.3. The molecule has 6 heteroatoms. The molecule has 1 aromatic heterocycles. The van der Waals surface area contributed by atoms with E-state index in [9.17, 15) is 9.59 Å². The quantitative estimate of drug-likeness (QED) is 0.856. The number of hydrogen-bond donors (Lipinski definition) is 1. The summed E-state index contributed by atoms with van der Waals surface area (Å²) in [5.74, 6) is 0.266. The van der Waals surface area contributed by atoms with Crippen LogP contribution in [0.5, 0.6) is 0 Å². The van der Waals surface area contributed by atoms with E-state index in [4.69, 9.17) is 11.6 Å². The van der Waals surface area contributed by atoms with Gasteiger partial charge in [-0.1, -0.05) is 48.9 Å². The summed E-state index contributed by atoms with van der Waals surface area (Å²) < 4.78 is 1.34. The summed E-state index contributed by atoms with van der Waals surface area (Å²) in [7, 11) is 0. The molecule has 0 bridgehead atoms. The molecule has 0 aliphatic heterocycles. The second kappa shape index (κ2) is 7.04. The van der Waals surface area contributed by atoms with Gasteiger partial charge in [-0.3, -0.25) is 14.2 Å². The van der Waals surface area contributed by atoms with Crippen LogP contribution in [-0.4, -0.2) is 15.5 Å². The second-order valence-electron chi connectivity index (χ2n) is 4.54. The molecule has 21 heavy (non-hydrogen) atoms. The van der Waals surface area contributed by atoms with Crippen LogP contribution in [-0.2, 0) is 24.3 Å². The van der Waals surface area contributed by atoms with Gasteiger partial charge in [0.1, 0.15) is 17.5 Å². The Bertz CT molecular complexity index is 683. The molecule has 1 amide bonds. The summed E-state index contributed by atoms with van der Waals surface area (Å²) in [6.45, 7) is 2.23. The van der Waals surface area contributed by atoms with Gasteiger partial charge < -0.3 is 5.32 Å². The highest BCUT2D eigenvalue weighted by Gasteiger charge is 2.10. The first-order valence-corrected chi connectivity index (χ1v) is 7.05. The third-order valence-corrected chi connectivity index (χ3v) is 3.20. The van der Waals surface area contributed by atoms with Gasteiger partial charge >= 0.3 is 0 Å². The Hall–Kier alpha value is -2.14. The van der Waals surface area contributed by atoms with Crippen molar-refractivity contribution in [3.63, 3.8) is 0 Å². The van der Waals surface area contributed by atoms with Crippen molar-refractivity contribution in [1.82, 2.24) is 14.9 Å². The van der Waals surface area contributed by atoms with Gasteiger partial charge in [0.05, 0.1) is 0 Å². The minimum Gasteiger partial charge on any atom is -0.350 e. The van der Waals surface area contributed by atoms with Crippen LogP contribution in [0.2, 0.25) is 5.15 Å². The van der Waals surface area contributed by atoms with Crippen molar-refractivity contribution in [3.05, 3.63) is 63.3 Å². The maximum atomic E-state index is 12.0. The van der Waals surface area contributed by atoms with E-state index in [1.54, 1.807) is 0 Å². The largest absolute Gasteiger partial charge is 0.350 e. The minimum absolute atomic E-state index is 0.0565. The second-order valence-corrected chi connectivity index (χ2v) is 4.92. The lowest BCUT2D eigenvalue weighted by Gasteiger charge is -2.11. The van der Waals surface area contributed by atoms with Crippen LogP contribution >= 0.6 is 11.6 Å². The zero-order valence-electron chi connectivity index (χ0n) is 11.7. The van der Waals surface area contributed by atoms with Crippen LogP contribution in [0.15, 0.2) is 41.2 Å².